The lowest BCUT2D eigenvalue weighted by molar-refractivity contribution is 0.275. The Labute approximate surface area is 146 Å². The maximum atomic E-state index is 13.4. The van der Waals surface area contributed by atoms with Crippen LogP contribution in [0.25, 0.3) is 0 Å². The highest BCUT2D eigenvalue weighted by atomic mass is 32.1. The van der Waals surface area contributed by atoms with Crippen LogP contribution in [0, 0.1) is 5.82 Å². The molecule has 1 aromatic carbocycles. The number of hydrogen-bond donors (Lipinski definition) is 2. The lowest BCUT2D eigenvalue weighted by Crippen LogP contribution is -2.39. The second-order valence-corrected chi connectivity index (χ2v) is 6.54. The van der Waals surface area contributed by atoms with Gasteiger partial charge in [0.25, 0.3) is 0 Å². The molecule has 0 spiro atoms. The predicted octanol–water partition coefficient (Wildman–Crippen LogP) is 3.02. The van der Waals surface area contributed by atoms with Crippen molar-refractivity contribution in [2.24, 2.45) is 4.99 Å². The third-order valence-electron chi connectivity index (χ3n) is 3.66. The Balaban J connectivity index is 2.01. The number of thiophene rings is 1. The van der Waals surface area contributed by atoms with Crippen LogP contribution in [-0.4, -0.2) is 36.1 Å². The fourth-order valence-electron chi connectivity index (χ4n) is 2.32. The predicted molar refractivity (Wildman–Crippen MR) is 97.8 cm³/mol. The van der Waals surface area contributed by atoms with Crippen molar-refractivity contribution in [2.75, 3.05) is 20.1 Å². The van der Waals surface area contributed by atoms with Gasteiger partial charge in [-0.3, -0.25) is 0 Å². The fourth-order valence-corrected chi connectivity index (χ4v) is 3.02. The van der Waals surface area contributed by atoms with Crippen LogP contribution in [0.1, 0.15) is 22.9 Å². The normalized spacial score (nSPS) is 11.6. The molecule has 4 nitrogen and oxygen atoms in total. The van der Waals surface area contributed by atoms with Gasteiger partial charge in [-0.15, -0.1) is 11.3 Å². The van der Waals surface area contributed by atoms with Crippen molar-refractivity contribution >= 4 is 17.3 Å². The van der Waals surface area contributed by atoms with E-state index < -0.39 is 0 Å². The van der Waals surface area contributed by atoms with Crippen molar-refractivity contribution in [3.63, 3.8) is 0 Å². The number of aliphatic imine (C=N–C) groups is 1. The summed E-state index contributed by atoms with van der Waals surface area (Å²) in [6.07, 6.45) is 0.976. The molecule has 1 heterocycles. The molecule has 0 saturated carbocycles. The zero-order valence-electron chi connectivity index (χ0n) is 14.1. The summed E-state index contributed by atoms with van der Waals surface area (Å²) in [5, 5.41) is 14.5. The molecule has 0 aliphatic carbocycles. The van der Waals surface area contributed by atoms with Crippen molar-refractivity contribution in [1.29, 1.82) is 0 Å². The average Bonchev–Trinajstić information content (AvgIpc) is 3.11. The number of nitrogens with zero attached hydrogens (tertiary/aromatic N) is 2. The largest absolute Gasteiger partial charge is 0.392 e. The average molecular weight is 349 g/mol. The van der Waals surface area contributed by atoms with Crippen LogP contribution in [0.5, 0.6) is 0 Å². The van der Waals surface area contributed by atoms with Crippen molar-refractivity contribution in [1.82, 2.24) is 10.2 Å². The van der Waals surface area contributed by atoms with E-state index in [9.17, 15) is 4.39 Å². The van der Waals surface area contributed by atoms with Gasteiger partial charge in [-0.25, -0.2) is 9.38 Å². The molecular formula is C18H24FN3OS. The summed E-state index contributed by atoms with van der Waals surface area (Å²) < 4.78 is 13.4. The highest BCUT2D eigenvalue weighted by Crippen LogP contribution is 2.12. The number of nitrogens with one attached hydrogen (secondary N) is 1. The third-order valence-corrected chi connectivity index (χ3v) is 4.60. The molecule has 0 radical (unpaired) electrons. The van der Waals surface area contributed by atoms with Crippen molar-refractivity contribution in [2.45, 2.75) is 26.5 Å². The SMILES string of the molecule is CCNC(=NCc1ccc(F)c(CO)c1)N(C)CCc1cccs1. The van der Waals surface area contributed by atoms with Gasteiger partial charge >= 0.3 is 0 Å². The van der Waals surface area contributed by atoms with Crippen LogP contribution in [0.3, 0.4) is 0 Å². The first-order chi connectivity index (χ1) is 11.6. The van der Waals surface area contributed by atoms with Crippen LogP contribution in [-0.2, 0) is 19.6 Å². The second kappa shape index (κ2) is 9.39. The molecule has 24 heavy (non-hydrogen) atoms. The summed E-state index contributed by atoms with van der Waals surface area (Å²) in [6, 6.07) is 8.94. The number of guanidine groups is 1. The van der Waals surface area contributed by atoms with Gasteiger partial charge in [0.1, 0.15) is 5.82 Å². The van der Waals surface area contributed by atoms with E-state index in [4.69, 9.17) is 5.11 Å². The molecule has 0 unspecified atom stereocenters. The van der Waals surface area contributed by atoms with Crippen LogP contribution >= 0.6 is 11.3 Å². The summed E-state index contributed by atoms with van der Waals surface area (Å²) in [6.45, 7) is 3.83. The topological polar surface area (TPSA) is 47.9 Å². The van der Waals surface area contributed by atoms with E-state index in [1.165, 1.54) is 10.9 Å². The molecule has 0 aliphatic rings. The molecule has 0 bridgehead atoms. The van der Waals surface area contributed by atoms with Crippen LogP contribution in [0.15, 0.2) is 40.7 Å². The molecule has 1 aromatic heterocycles. The van der Waals surface area contributed by atoms with Gasteiger partial charge in [-0.05, 0) is 42.5 Å². The number of aliphatic hydroxyl groups is 1. The van der Waals surface area contributed by atoms with Crippen LogP contribution in [0.2, 0.25) is 0 Å². The number of rotatable bonds is 7. The first kappa shape index (κ1) is 18.4. The van der Waals surface area contributed by atoms with Crippen molar-refractivity contribution < 1.29 is 9.50 Å². The summed E-state index contributed by atoms with van der Waals surface area (Å²) in [5.41, 5.74) is 1.18. The number of aliphatic hydroxyl groups excluding tert-OH is 1. The van der Waals surface area contributed by atoms with E-state index in [0.29, 0.717) is 12.1 Å². The first-order valence-corrected chi connectivity index (χ1v) is 8.92. The molecule has 0 fully saturated rings. The van der Waals surface area contributed by atoms with E-state index >= 15 is 0 Å². The maximum Gasteiger partial charge on any atom is 0.193 e. The third kappa shape index (κ3) is 5.32. The molecule has 0 saturated heterocycles. The standard InChI is InChI=1S/C18H24FN3OS/c1-3-20-18(22(2)9-8-16-5-4-10-24-16)21-12-14-6-7-17(19)15(11-14)13-23/h4-7,10-11,23H,3,8-9,12-13H2,1-2H3,(H,20,21). The minimum Gasteiger partial charge on any atom is -0.392 e. The molecule has 0 aliphatic heterocycles. The lowest BCUT2D eigenvalue weighted by atomic mass is 10.1. The monoisotopic (exact) mass is 349 g/mol. The summed E-state index contributed by atoms with van der Waals surface area (Å²) in [4.78, 5) is 8.07. The van der Waals surface area contributed by atoms with Gasteiger partial charge in [0.05, 0.1) is 13.2 Å². The Morgan fingerprint density at radius 2 is 2.21 bits per heavy atom. The van der Waals surface area contributed by atoms with E-state index in [2.05, 4.69) is 32.7 Å². The smallest absolute Gasteiger partial charge is 0.193 e. The second-order valence-electron chi connectivity index (χ2n) is 5.50. The first-order valence-electron chi connectivity index (χ1n) is 8.04. The number of halogens is 1. The molecule has 2 rings (SSSR count). The van der Waals surface area contributed by atoms with E-state index in [1.807, 2.05) is 14.0 Å². The number of likely N-dealkylation sites (N-methyl/N-ethyl adjacent to an activating group) is 1. The Kier molecular flexibility index (Phi) is 7.21. The Morgan fingerprint density at radius 1 is 1.38 bits per heavy atom. The fraction of sp³-hybridized carbons (Fsp3) is 0.389. The van der Waals surface area contributed by atoms with Crippen LogP contribution < -0.4 is 5.32 Å². The Morgan fingerprint density at radius 3 is 2.88 bits per heavy atom. The lowest BCUT2D eigenvalue weighted by Gasteiger charge is -2.21. The highest BCUT2D eigenvalue weighted by molar-refractivity contribution is 7.09. The van der Waals surface area contributed by atoms with Gasteiger partial charge in [-0.1, -0.05) is 12.1 Å². The van der Waals surface area contributed by atoms with E-state index in [1.54, 1.807) is 23.5 Å². The van der Waals surface area contributed by atoms with Gasteiger partial charge in [0, 0.05) is 30.6 Å². The zero-order valence-corrected chi connectivity index (χ0v) is 14.9. The highest BCUT2D eigenvalue weighted by Gasteiger charge is 2.07. The molecule has 0 amide bonds. The van der Waals surface area contributed by atoms with Gasteiger partial charge in [0.2, 0.25) is 0 Å². The molecule has 0 atom stereocenters. The molecule has 2 aromatic rings. The minimum absolute atomic E-state index is 0.301. The zero-order chi connectivity index (χ0) is 17.4. The maximum absolute atomic E-state index is 13.4. The van der Waals surface area contributed by atoms with Crippen molar-refractivity contribution in [3.8, 4) is 0 Å². The van der Waals surface area contributed by atoms with E-state index in [0.717, 1.165) is 31.0 Å². The summed E-state index contributed by atoms with van der Waals surface area (Å²) in [7, 11) is 2.01. The van der Waals surface area contributed by atoms with E-state index in [-0.39, 0.29) is 12.4 Å². The van der Waals surface area contributed by atoms with Gasteiger partial charge in [0.15, 0.2) is 5.96 Å². The minimum atomic E-state index is -0.384. The Hall–Kier alpha value is -1.92. The molecular weight excluding hydrogens is 325 g/mol. The molecule has 6 heteroatoms. The van der Waals surface area contributed by atoms with Gasteiger partial charge < -0.3 is 15.3 Å². The number of hydrogen-bond acceptors (Lipinski definition) is 3. The quantitative estimate of drug-likeness (QED) is 0.597. The molecule has 2 N–H and O–H groups in total. The molecule has 130 valence electrons. The summed E-state index contributed by atoms with van der Waals surface area (Å²) >= 11 is 1.76. The van der Waals surface area contributed by atoms with Crippen molar-refractivity contribution in [3.05, 3.63) is 57.5 Å². The Bertz CT molecular complexity index is 658. The summed E-state index contributed by atoms with van der Waals surface area (Å²) in [5.74, 6) is 0.439. The van der Waals surface area contributed by atoms with Gasteiger partial charge in [-0.2, -0.15) is 0 Å². The number of benzene rings is 1. The van der Waals surface area contributed by atoms with Crippen LogP contribution in [0.4, 0.5) is 4.39 Å².